The Balaban J connectivity index is 0.000000293. The number of aromatic nitrogens is 2. The number of benzene rings is 2. The number of hydrazone groups is 1. The van der Waals surface area contributed by atoms with Gasteiger partial charge in [0.1, 0.15) is 0 Å². The molecule has 4 aromatic rings. The summed E-state index contributed by atoms with van der Waals surface area (Å²) in [6, 6.07) is 15.2. The van der Waals surface area contributed by atoms with Gasteiger partial charge in [-0.25, -0.2) is 0 Å². The zero-order valence-corrected chi connectivity index (χ0v) is 22.7. The van der Waals surface area contributed by atoms with E-state index in [9.17, 15) is 36.6 Å². The number of nitrogens with one attached hydrogen (secondary N) is 1. The van der Waals surface area contributed by atoms with Crippen molar-refractivity contribution < 1.29 is 53.3 Å². The molecule has 0 aliphatic carbocycles. The Morgan fingerprint density at radius 3 is 1.74 bits per heavy atom. The van der Waals surface area contributed by atoms with Gasteiger partial charge >= 0.3 is 29.1 Å². The second-order valence-corrected chi connectivity index (χ2v) is 8.18. The van der Waals surface area contributed by atoms with E-state index in [1.54, 1.807) is 0 Å². The summed E-state index contributed by atoms with van der Waals surface area (Å²) in [7, 11) is 0. The van der Waals surface area contributed by atoms with E-state index in [0.717, 1.165) is 30.5 Å². The molecule has 0 fully saturated rings. The van der Waals surface area contributed by atoms with Crippen LogP contribution < -0.4 is 15.6 Å². The fourth-order valence-corrected chi connectivity index (χ4v) is 3.08. The van der Waals surface area contributed by atoms with Crippen LogP contribution in [0.3, 0.4) is 0 Å². The van der Waals surface area contributed by atoms with Gasteiger partial charge in [-0.05, 0) is 77.0 Å². The number of rotatable bonds is 7. The minimum atomic E-state index is -4.42. The maximum Gasteiger partial charge on any atom is 2.00 e. The smallest absolute Gasteiger partial charge is 0.857 e. The summed E-state index contributed by atoms with van der Waals surface area (Å²) in [5.41, 5.74) is 1.95. The van der Waals surface area contributed by atoms with E-state index in [1.807, 2.05) is 0 Å². The van der Waals surface area contributed by atoms with Crippen LogP contribution in [0.2, 0.25) is 0 Å². The molecule has 0 saturated heterocycles. The fraction of sp³-hybridized carbons (Fsp3) is 0.107. The molecule has 1 unspecified atom stereocenters. The molecule has 1 N–H and O–H groups in total. The van der Waals surface area contributed by atoms with Crippen LogP contribution in [-0.4, -0.2) is 28.3 Å². The van der Waals surface area contributed by atoms with Gasteiger partial charge in [0.05, 0.1) is 23.6 Å². The molecule has 4 rings (SSSR count). The third-order valence-electron chi connectivity index (χ3n) is 5.12. The standard InChI is InChI=1S/C14H11F3N3O.C14H10F3N3O.Co/c2*15-14(16,17)12-3-1-2-10(8-12)9-19-20-13(21)11-4-6-18-7-5-11;/h1-9,13,20H;1-9H,(H,20,21);/q-1;;+2/p-1/b2*19-9-;. The first-order valence-electron chi connectivity index (χ1n) is 11.8. The van der Waals surface area contributed by atoms with E-state index < -0.39 is 35.6 Å². The van der Waals surface area contributed by atoms with Crippen molar-refractivity contribution in [1.29, 1.82) is 0 Å². The summed E-state index contributed by atoms with van der Waals surface area (Å²) >= 11 is 0. The van der Waals surface area contributed by atoms with Crippen LogP contribution in [0.25, 0.3) is 0 Å². The summed E-state index contributed by atoms with van der Waals surface area (Å²) in [4.78, 5) is 7.53. The quantitative estimate of drug-likeness (QED) is 0.106. The largest absolute Gasteiger partial charge is 2.00 e. The molecule has 0 saturated carbocycles. The van der Waals surface area contributed by atoms with Crippen molar-refractivity contribution in [3.8, 4) is 0 Å². The Morgan fingerprint density at radius 2 is 1.23 bits per heavy atom. The van der Waals surface area contributed by atoms with Gasteiger partial charge in [-0.2, -0.15) is 41.6 Å². The maximum atomic E-state index is 12.5. The number of hydrogen-bond donors (Lipinski definition) is 1. The molecular formula is C28H20CoF6N6O2. The van der Waals surface area contributed by atoms with Gasteiger partial charge in [-0.15, -0.1) is 0 Å². The van der Waals surface area contributed by atoms with E-state index in [1.165, 1.54) is 79.5 Å². The molecule has 2 aromatic carbocycles. The third-order valence-corrected chi connectivity index (χ3v) is 5.12. The molecule has 1 radical (unpaired) electrons. The first-order valence-corrected chi connectivity index (χ1v) is 11.8. The molecule has 0 amide bonds. The minimum Gasteiger partial charge on any atom is -0.857 e. The molecule has 0 aliphatic heterocycles. The zero-order chi connectivity index (χ0) is 30.6. The van der Waals surface area contributed by atoms with E-state index in [4.69, 9.17) is 0 Å². The van der Waals surface area contributed by atoms with Gasteiger partial charge in [0, 0.05) is 30.7 Å². The average molecular weight is 645 g/mol. The van der Waals surface area contributed by atoms with Gasteiger partial charge < -0.3 is 15.6 Å². The summed E-state index contributed by atoms with van der Waals surface area (Å²) in [5, 5.41) is 33.9. The topological polar surface area (TPSA) is 121 Å². The van der Waals surface area contributed by atoms with Crippen LogP contribution in [0.15, 0.2) is 113 Å². The number of alkyl halides is 6. The normalized spacial score (nSPS) is 12.8. The molecular weight excluding hydrogens is 625 g/mol. The predicted molar refractivity (Wildman–Crippen MR) is 139 cm³/mol. The molecule has 2 aromatic heterocycles. The maximum absolute atomic E-state index is 12.5. The van der Waals surface area contributed by atoms with Crippen molar-refractivity contribution in [3.63, 3.8) is 0 Å². The fourth-order valence-electron chi connectivity index (χ4n) is 3.08. The number of pyridine rings is 2. The van der Waals surface area contributed by atoms with Crippen LogP contribution in [0.4, 0.5) is 26.3 Å². The molecule has 0 aliphatic rings. The number of hydrogen-bond acceptors (Lipinski definition) is 8. The number of nitrogens with zero attached hydrogens (tertiary/aromatic N) is 5. The van der Waals surface area contributed by atoms with Crippen LogP contribution in [-0.2, 0) is 29.1 Å². The van der Waals surface area contributed by atoms with Crippen molar-refractivity contribution in [2.24, 2.45) is 15.3 Å². The predicted octanol–water partition coefficient (Wildman–Crippen LogP) is 4.32. The summed E-state index contributed by atoms with van der Waals surface area (Å²) in [6.07, 6.45) is -2.08. The summed E-state index contributed by atoms with van der Waals surface area (Å²) in [5.74, 6) is -0.597. The Morgan fingerprint density at radius 1 is 0.744 bits per heavy atom. The van der Waals surface area contributed by atoms with Crippen molar-refractivity contribution in [1.82, 2.24) is 15.4 Å². The first-order chi connectivity index (χ1) is 19.9. The van der Waals surface area contributed by atoms with Crippen molar-refractivity contribution >= 4 is 18.3 Å². The van der Waals surface area contributed by atoms with Crippen LogP contribution in [0, 0.1) is 0 Å². The van der Waals surface area contributed by atoms with E-state index in [2.05, 4.69) is 30.7 Å². The Labute approximate surface area is 251 Å². The molecule has 8 nitrogen and oxygen atoms in total. The molecule has 1 atom stereocenters. The van der Waals surface area contributed by atoms with Gasteiger partial charge in [0.2, 0.25) is 0 Å². The van der Waals surface area contributed by atoms with Gasteiger partial charge in [-0.3, -0.25) is 9.97 Å². The SMILES string of the molecule is [Co+2].[O-]/C(=N\N=C/c1cccc(C(F)(F)F)c1)c1ccncc1.[O-]C(N/N=C\c1cccc(C(F)(F)F)c1)c1ccncc1. The molecule has 0 spiro atoms. The van der Waals surface area contributed by atoms with Crippen molar-refractivity contribution in [2.45, 2.75) is 18.6 Å². The first kappa shape index (κ1) is 34.6. The summed E-state index contributed by atoms with van der Waals surface area (Å²) < 4.78 is 75.1. The van der Waals surface area contributed by atoms with E-state index >= 15 is 0 Å². The Kier molecular flexibility index (Phi) is 13.0. The van der Waals surface area contributed by atoms with E-state index in [0.29, 0.717) is 11.1 Å². The summed E-state index contributed by atoms with van der Waals surface area (Å²) in [6.45, 7) is 0. The van der Waals surface area contributed by atoms with Crippen LogP contribution >= 0.6 is 0 Å². The van der Waals surface area contributed by atoms with Crippen molar-refractivity contribution in [2.75, 3.05) is 0 Å². The van der Waals surface area contributed by atoms with Crippen LogP contribution in [0.1, 0.15) is 39.6 Å². The van der Waals surface area contributed by atoms with Crippen molar-refractivity contribution in [3.05, 3.63) is 131 Å². The second-order valence-electron chi connectivity index (χ2n) is 8.18. The van der Waals surface area contributed by atoms with E-state index in [-0.39, 0.29) is 27.9 Å². The molecule has 43 heavy (non-hydrogen) atoms. The monoisotopic (exact) mass is 645 g/mol. The zero-order valence-electron chi connectivity index (χ0n) is 21.6. The molecule has 15 heteroatoms. The van der Waals surface area contributed by atoms with Gasteiger partial charge in [0.25, 0.3) is 0 Å². The minimum absolute atomic E-state index is 0. The molecule has 225 valence electrons. The Bertz CT molecular complexity index is 1520. The van der Waals surface area contributed by atoms with Crippen LogP contribution in [0.5, 0.6) is 0 Å². The molecule has 2 heterocycles. The number of halogens is 6. The van der Waals surface area contributed by atoms with Gasteiger partial charge in [-0.1, -0.05) is 24.3 Å². The third kappa shape index (κ3) is 11.7. The Hall–Kier alpha value is -4.60. The second kappa shape index (κ2) is 16.1. The van der Waals surface area contributed by atoms with Gasteiger partial charge in [0.15, 0.2) is 0 Å². The molecule has 0 bridgehead atoms. The average Bonchev–Trinajstić information content (AvgIpc) is 2.98.